The summed E-state index contributed by atoms with van der Waals surface area (Å²) in [7, 11) is 0. The monoisotopic (exact) mass is 968 g/mol. The molecule has 8 atom stereocenters. The number of carbonyl (C=O) groups excluding carboxylic acids is 9. The smallest absolute Gasteiger partial charge is 0.327 e. The highest BCUT2D eigenvalue weighted by molar-refractivity contribution is 7.80. The van der Waals surface area contributed by atoms with E-state index in [1.807, 2.05) is 0 Å². The Hall–Kier alpha value is -5.66. The van der Waals surface area contributed by atoms with Gasteiger partial charge in [0.05, 0.1) is 25.6 Å². The van der Waals surface area contributed by atoms with Gasteiger partial charge in [-0.1, -0.05) is 39.8 Å². The van der Waals surface area contributed by atoms with E-state index < -0.39 is 127 Å². The molecule has 1 aliphatic heterocycles. The van der Waals surface area contributed by atoms with Crippen LogP contribution in [-0.2, 0) is 54.4 Å². The number of aliphatic hydroxyl groups excluding tert-OH is 1. The molecule has 23 nitrogen and oxygen atoms in total. The highest BCUT2D eigenvalue weighted by Crippen LogP contribution is 2.19. The van der Waals surface area contributed by atoms with Gasteiger partial charge in [0.25, 0.3) is 0 Å². The molecule has 0 spiro atoms. The SMILES string of the molecule is CC(C)C[C@H](NC(=O)[C@H](CO)NC(=O)[C@H](CC(N)=O)NC(=O)[C@H](CC(C)C)NC(=O)[C@H](Cc1ccc(O)cc1)NC(=O)CNC(=O)[C@@H]1CCCN1C(=O)[C@@H](N)CS)C(=O)N[C@@H](CS)C(=O)O. The first kappa shape index (κ1) is 56.5. The van der Waals surface area contributed by atoms with Gasteiger partial charge >= 0.3 is 5.97 Å². The molecule has 0 aromatic heterocycles. The summed E-state index contributed by atoms with van der Waals surface area (Å²) in [4.78, 5) is 132. The zero-order chi connectivity index (χ0) is 49.8. The number of nitrogens with two attached hydrogens (primary N) is 2. The number of aromatic hydroxyl groups is 1. The van der Waals surface area contributed by atoms with E-state index in [1.54, 1.807) is 27.7 Å². The third kappa shape index (κ3) is 18.7. The molecule has 66 heavy (non-hydrogen) atoms. The van der Waals surface area contributed by atoms with Gasteiger partial charge in [-0.25, -0.2) is 4.79 Å². The number of carbonyl (C=O) groups is 10. The number of hydrogen-bond acceptors (Lipinski definition) is 15. The molecule has 1 aromatic rings. The summed E-state index contributed by atoms with van der Waals surface area (Å²) in [6.45, 7) is 5.57. The van der Waals surface area contributed by atoms with Crippen LogP contribution >= 0.6 is 25.3 Å². The van der Waals surface area contributed by atoms with Crippen molar-refractivity contribution in [1.29, 1.82) is 0 Å². The van der Waals surface area contributed by atoms with Gasteiger partial charge in [-0.15, -0.1) is 0 Å². The molecule has 1 saturated heterocycles. The Morgan fingerprint density at radius 3 is 1.68 bits per heavy atom. The molecule has 1 aliphatic rings. The lowest BCUT2D eigenvalue weighted by atomic mass is 10.00. The van der Waals surface area contributed by atoms with Crippen molar-refractivity contribution in [3.63, 3.8) is 0 Å². The number of rotatable bonds is 27. The van der Waals surface area contributed by atoms with Crippen molar-refractivity contribution in [3.05, 3.63) is 29.8 Å². The predicted molar refractivity (Wildman–Crippen MR) is 244 cm³/mol. The standard InChI is InChI=1S/C41H64N10O13S2/c1-20(2)12-25(34(56)48-28(15-32(43)54)37(59)49-29(17-52)38(60)47-26(13-21(3)4)35(57)50-30(19-66)41(63)64)46-36(58)27(14-22-7-9-23(53)10-8-22)45-33(55)16-44-39(61)31-6-5-11-51(31)40(62)24(42)18-65/h7-10,20-21,24-31,52-53,65-66H,5-6,11-19,42H2,1-4H3,(H2,43,54)(H,44,61)(H,45,55)(H,46,58)(H,47,60)(H,48,56)(H,49,59)(H,50,57)(H,63,64)/t24-,25-,26-,27-,28-,29-,30-,31-/m0/s1. The zero-order valence-corrected chi connectivity index (χ0v) is 39.1. The number of likely N-dealkylation sites (tertiary alicyclic amines) is 1. The van der Waals surface area contributed by atoms with Crippen LogP contribution in [0.3, 0.4) is 0 Å². The Labute approximate surface area is 393 Å². The first-order chi connectivity index (χ1) is 31.0. The van der Waals surface area contributed by atoms with E-state index in [-0.39, 0.29) is 54.9 Å². The van der Waals surface area contributed by atoms with Crippen molar-refractivity contribution in [2.24, 2.45) is 23.3 Å². The maximum atomic E-state index is 14.0. The van der Waals surface area contributed by atoms with Crippen molar-refractivity contribution in [1.82, 2.24) is 42.1 Å². The van der Waals surface area contributed by atoms with Crippen LogP contribution in [0.25, 0.3) is 0 Å². The van der Waals surface area contributed by atoms with Gasteiger partial charge in [-0.2, -0.15) is 25.3 Å². The Morgan fingerprint density at radius 1 is 0.712 bits per heavy atom. The first-order valence-electron chi connectivity index (χ1n) is 21.3. The normalized spacial score (nSPS) is 16.6. The third-order valence-corrected chi connectivity index (χ3v) is 10.9. The summed E-state index contributed by atoms with van der Waals surface area (Å²) in [6.07, 6.45) is -0.128. The fraction of sp³-hybridized carbons (Fsp3) is 0.610. The molecule has 0 unspecified atom stereocenters. The van der Waals surface area contributed by atoms with Crippen LogP contribution in [0.1, 0.15) is 65.4 Å². The lowest BCUT2D eigenvalue weighted by Crippen LogP contribution is -2.61. The van der Waals surface area contributed by atoms with E-state index >= 15 is 0 Å². The zero-order valence-electron chi connectivity index (χ0n) is 37.3. The summed E-state index contributed by atoms with van der Waals surface area (Å²) in [5.74, 6) is -10.0. The molecule has 2 rings (SSSR count). The van der Waals surface area contributed by atoms with Gasteiger partial charge in [0.2, 0.25) is 53.2 Å². The Kier molecular flexibility index (Phi) is 23.7. The summed E-state index contributed by atoms with van der Waals surface area (Å²) < 4.78 is 0. The number of hydrogen-bond donors (Lipinski definition) is 14. The molecule has 1 heterocycles. The van der Waals surface area contributed by atoms with E-state index in [1.165, 1.54) is 29.2 Å². The molecule has 9 amide bonds. The number of thiol groups is 2. The van der Waals surface area contributed by atoms with Crippen LogP contribution in [-0.4, -0.2) is 159 Å². The number of aliphatic hydroxyl groups is 1. The topological polar surface area (TPSA) is 371 Å². The quantitative estimate of drug-likeness (QED) is 0.0376. The molecule has 368 valence electrons. The van der Waals surface area contributed by atoms with E-state index in [0.29, 0.717) is 18.4 Å². The minimum atomic E-state index is -1.76. The minimum absolute atomic E-state index is 0.0253. The fourth-order valence-electron chi connectivity index (χ4n) is 6.76. The molecular formula is C41H64N10O13S2. The Bertz CT molecular complexity index is 1890. The lowest BCUT2D eigenvalue weighted by molar-refractivity contribution is -0.141. The van der Waals surface area contributed by atoms with E-state index in [2.05, 4.69) is 62.5 Å². The van der Waals surface area contributed by atoms with Crippen LogP contribution in [0.4, 0.5) is 0 Å². The van der Waals surface area contributed by atoms with Gasteiger partial charge in [-0.3, -0.25) is 43.2 Å². The summed E-state index contributed by atoms with van der Waals surface area (Å²) in [6, 6.07) is -5.11. The highest BCUT2D eigenvalue weighted by Gasteiger charge is 2.37. The number of nitrogens with one attached hydrogen (secondary N) is 7. The molecule has 0 aliphatic carbocycles. The summed E-state index contributed by atoms with van der Waals surface area (Å²) in [5, 5.41) is 46.1. The number of carboxylic acid groups (broad SMARTS) is 1. The van der Waals surface area contributed by atoms with E-state index in [4.69, 9.17) is 11.5 Å². The summed E-state index contributed by atoms with van der Waals surface area (Å²) in [5.41, 5.74) is 11.7. The van der Waals surface area contributed by atoms with Gasteiger partial charge in [0.1, 0.15) is 48.0 Å². The molecule has 14 N–H and O–H groups in total. The van der Waals surface area contributed by atoms with Crippen molar-refractivity contribution in [2.75, 3.05) is 31.2 Å². The molecule has 25 heteroatoms. The Balaban J connectivity index is 2.29. The predicted octanol–water partition coefficient (Wildman–Crippen LogP) is -3.82. The number of amides is 9. The highest BCUT2D eigenvalue weighted by atomic mass is 32.1. The molecule has 1 aromatic carbocycles. The van der Waals surface area contributed by atoms with Crippen LogP contribution < -0.4 is 48.7 Å². The second kappa shape index (κ2) is 27.7. The number of aliphatic carboxylic acids is 1. The second-order valence-electron chi connectivity index (χ2n) is 16.6. The van der Waals surface area contributed by atoms with Gasteiger partial charge in [0, 0.05) is 24.5 Å². The third-order valence-electron chi connectivity index (χ3n) is 10.1. The Morgan fingerprint density at radius 2 is 1.20 bits per heavy atom. The average molecular weight is 969 g/mol. The van der Waals surface area contributed by atoms with Gasteiger partial charge in [-0.05, 0) is 55.2 Å². The maximum absolute atomic E-state index is 14.0. The van der Waals surface area contributed by atoms with Crippen LogP contribution in [0.5, 0.6) is 5.75 Å². The van der Waals surface area contributed by atoms with Crippen molar-refractivity contribution >= 4 is 84.4 Å². The molecule has 0 saturated carbocycles. The number of nitrogens with zero attached hydrogens (tertiary/aromatic N) is 1. The van der Waals surface area contributed by atoms with Crippen LogP contribution in [0.2, 0.25) is 0 Å². The van der Waals surface area contributed by atoms with Crippen molar-refractivity contribution in [2.45, 2.75) is 115 Å². The second-order valence-corrected chi connectivity index (χ2v) is 17.4. The van der Waals surface area contributed by atoms with Crippen molar-refractivity contribution in [3.8, 4) is 5.75 Å². The van der Waals surface area contributed by atoms with Crippen molar-refractivity contribution < 1.29 is 63.3 Å². The maximum Gasteiger partial charge on any atom is 0.327 e. The molecule has 1 fully saturated rings. The number of primary amides is 1. The van der Waals surface area contributed by atoms with E-state index in [9.17, 15) is 63.3 Å². The minimum Gasteiger partial charge on any atom is -0.508 e. The summed E-state index contributed by atoms with van der Waals surface area (Å²) >= 11 is 7.97. The van der Waals surface area contributed by atoms with Gasteiger partial charge in [0.15, 0.2) is 0 Å². The lowest BCUT2D eigenvalue weighted by Gasteiger charge is -2.27. The molecule has 0 radical (unpaired) electrons. The fourth-order valence-corrected chi connectivity index (χ4v) is 7.16. The van der Waals surface area contributed by atoms with Gasteiger partial charge < -0.3 is 68.9 Å². The first-order valence-corrected chi connectivity index (χ1v) is 22.5. The van der Waals surface area contributed by atoms with Crippen LogP contribution in [0.15, 0.2) is 24.3 Å². The largest absolute Gasteiger partial charge is 0.508 e. The van der Waals surface area contributed by atoms with E-state index in [0.717, 1.165) is 0 Å². The average Bonchev–Trinajstić information content (AvgIpc) is 3.75. The van der Waals surface area contributed by atoms with Crippen LogP contribution in [0, 0.1) is 11.8 Å². The number of benzene rings is 1. The molecular weight excluding hydrogens is 905 g/mol. The number of carboxylic acids is 1. The molecule has 0 bridgehead atoms. The number of phenols is 1. The number of phenolic OH excluding ortho intramolecular Hbond substituents is 1.